The number of rotatable bonds is 5. The van der Waals surface area contributed by atoms with Crippen molar-refractivity contribution in [2.45, 2.75) is 6.61 Å². The van der Waals surface area contributed by atoms with Crippen LogP contribution in [-0.4, -0.2) is 9.55 Å². The maximum Gasteiger partial charge on any atom is 0.149 e. The average molecular weight is 455 g/mol. The summed E-state index contributed by atoms with van der Waals surface area (Å²) < 4.78 is 9.42. The van der Waals surface area contributed by atoms with Gasteiger partial charge in [0.1, 0.15) is 18.2 Å². The number of aromatic nitrogens is 2. The Morgan fingerprint density at radius 1 is 0.767 bits per heavy atom. The van der Waals surface area contributed by atoms with Crippen LogP contribution in [0.25, 0.3) is 28.1 Å². The molecule has 146 valence electrons. The van der Waals surface area contributed by atoms with Gasteiger partial charge in [-0.1, -0.05) is 76.6 Å². The molecule has 3 nitrogen and oxygen atoms in total. The van der Waals surface area contributed by atoms with E-state index in [4.69, 9.17) is 9.72 Å². The summed E-state index contributed by atoms with van der Waals surface area (Å²) in [4.78, 5) is 4.97. The maximum absolute atomic E-state index is 6.26. The largest absolute Gasteiger partial charge is 0.488 e. The van der Waals surface area contributed by atoms with Gasteiger partial charge in [0.15, 0.2) is 0 Å². The first-order valence-electron chi connectivity index (χ1n) is 9.79. The molecule has 0 bridgehead atoms. The van der Waals surface area contributed by atoms with Gasteiger partial charge in [0.2, 0.25) is 0 Å². The molecule has 1 heterocycles. The Morgan fingerprint density at radius 2 is 1.47 bits per heavy atom. The fourth-order valence-corrected chi connectivity index (χ4v) is 3.92. The first-order valence-corrected chi connectivity index (χ1v) is 10.6. The fraction of sp³-hybridized carbons (Fsp3) is 0.0385. The Bertz CT molecular complexity index is 1300. The number of hydrogen-bond acceptors (Lipinski definition) is 2. The SMILES string of the molecule is Brc1ccc(-c2nc3ccccc3n2-c2ccccc2)c(OCc2ccccc2)c1. The van der Waals surface area contributed by atoms with Crippen molar-refractivity contribution in [2.75, 3.05) is 0 Å². The van der Waals surface area contributed by atoms with E-state index in [1.54, 1.807) is 0 Å². The molecule has 0 aliphatic carbocycles. The average Bonchev–Trinajstić information content (AvgIpc) is 3.18. The van der Waals surface area contributed by atoms with E-state index in [1.807, 2.05) is 66.7 Å². The molecule has 0 amide bonds. The Balaban J connectivity index is 1.66. The summed E-state index contributed by atoms with van der Waals surface area (Å²) >= 11 is 3.59. The molecule has 5 rings (SSSR count). The molecule has 0 saturated heterocycles. The molecular formula is C26H19BrN2O. The Hall–Kier alpha value is -3.37. The number of benzene rings is 4. The third kappa shape index (κ3) is 3.62. The highest BCUT2D eigenvalue weighted by atomic mass is 79.9. The molecule has 4 aromatic carbocycles. The van der Waals surface area contributed by atoms with Crippen molar-refractivity contribution in [3.05, 3.63) is 113 Å². The van der Waals surface area contributed by atoms with E-state index in [-0.39, 0.29) is 0 Å². The summed E-state index contributed by atoms with van der Waals surface area (Å²) in [6.07, 6.45) is 0. The summed E-state index contributed by atoms with van der Waals surface area (Å²) in [5, 5.41) is 0. The fourth-order valence-electron chi connectivity index (χ4n) is 3.58. The zero-order chi connectivity index (χ0) is 20.3. The highest BCUT2D eigenvalue weighted by Gasteiger charge is 2.18. The van der Waals surface area contributed by atoms with Gasteiger partial charge in [0, 0.05) is 10.2 Å². The number of nitrogens with zero attached hydrogens (tertiary/aromatic N) is 2. The number of fused-ring (bicyclic) bond motifs is 1. The van der Waals surface area contributed by atoms with Crippen molar-refractivity contribution in [2.24, 2.45) is 0 Å². The van der Waals surface area contributed by atoms with Gasteiger partial charge >= 0.3 is 0 Å². The number of imidazole rings is 1. The van der Waals surface area contributed by atoms with Crippen LogP contribution in [-0.2, 0) is 6.61 Å². The quantitative estimate of drug-likeness (QED) is 0.284. The molecule has 0 N–H and O–H groups in total. The zero-order valence-electron chi connectivity index (χ0n) is 16.2. The van der Waals surface area contributed by atoms with Crippen molar-refractivity contribution < 1.29 is 4.74 Å². The van der Waals surface area contributed by atoms with Crippen molar-refractivity contribution in [1.82, 2.24) is 9.55 Å². The minimum Gasteiger partial charge on any atom is -0.488 e. The molecule has 0 spiro atoms. The molecule has 4 heteroatoms. The van der Waals surface area contributed by atoms with Crippen LogP contribution in [0.5, 0.6) is 5.75 Å². The van der Waals surface area contributed by atoms with Crippen molar-refractivity contribution in [3.63, 3.8) is 0 Å². The van der Waals surface area contributed by atoms with Crippen LogP contribution in [0.4, 0.5) is 0 Å². The molecular weight excluding hydrogens is 436 g/mol. The van der Waals surface area contributed by atoms with Crippen LogP contribution in [0.3, 0.4) is 0 Å². The summed E-state index contributed by atoms with van der Waals surface area (Å²) in [5.41, 5.74) is 5.16. The van der Waals surface area contributed by atoms with Crippen LogP contribution in [0.15, 0.2) is 108 Å². The van der Waals surface area contributed by atoms with E-state index in [9.17, 15) is 0 Å². The van der Waals surface area contributed by atoms with E-state index in [0.29, 0.717) is 6.61 Å². The van der Waals surface area contributed by atoms with Gasteiger partial charge in [-0.05, 0) is 48.0 Å². The standard InChI is InChI=1S/C26H19BrN2O/c27-20-15-16-22(25(17-20)30-18-19-9-3-1-4-10-19)26-28-23-13-7-8-14-24(23)29(26)21-11-5-2-6-12-21/h1-17H,18H2. The number of para-hydroxylation sites is 3. The lowest BCUT2D eigenvalue weighted by Gasteiger charge is -2.14. The maximum atomic E-state index is 6.26. The van der Waals surface area contributed by atoms with Crippen LogP contribution in [0, 0.1) is 0 Å². The Kier molecular flexibility index (Phi) is 5.08. The van der Waals surface area contributed by atoms with Crippen molar-refractivity contribution >= 4 is 27.0 Å². The molecule has 1 aromatic heterocycles. The molecule has 0 radical (unpaired) electrons. The molecule has 0 atom stereocenters. The number of hydrogen-bond donors (Lipinski definition) is 0. The minimum atomic E-state index is 0.496. The topological polar surface area (TPSA) is 27.1 Å². The second kappa shape index (κ2) is 8.17. The summed E-state index contributed by atoms with van der Waals surface area (Å²) in [7, 11) is 0. The van der Waals surface area contributed by atoms with E-state index in [2.05, 4.69) is 56.9 Å². The minimum absolute atomic E-state index is 0.496. The highest BCUT2D eigenvalue weighted by molar-refractivity contribution is 9.10. The van der Waals surface area contributed by atoms with Crippen LogP contribution < -0.4 is 4.74 Å². The van der Waals surface area contributed by atoms with E-state index in [0.717, 1.165) is 43.9 Å². The molecule has 30 heavy (non-hydrogen) atoms. The monoisotopic (exact) mass is 454 g/mol. The molecule has 0 fully saturated rings. The van der Waals surface area contributed by atoms with Gasteiger partial charge in [-0.2, -0.15) is 0 Å². The van der Waals surface area contributed by atoms with Gasteiger partial charge in [0.25, 0.3) is 0 Å². The van der Waals surface area contributed by atoms with E-state index in [1.165, 1.54) is 0 Å². The molecule has 0 aliphatic heterocycles. The molecule has 0 saturated carbocycles. The first kappa shape index (κ1) is 18.6. The van der Waals surface area contributed by atoms with Crippen LogP contribution in [0.2, 0.25) is 0 Å². The predicted octanol–water partition coefficient (Wildman–Crippen LogP) is 7.03. The third-order valence-corrected chi connectivity index (χ3v) is 5.49. The normalized spacial score (nSPS) is 11.0. The van der Waals surface area contributed by atoms with Gasteiger partial charge in [0.05, 0.1) is 16.6 Å². The van der Waals surface area contributed by atoms with Crippen LogP contribution >= 0.6 is 15.9 Å². The lowest BCUT2D eigenvalue weighted by atomic mass is 10.1. The lowest BCUT2D eigenvalue weighted by molar-refractivity contribution is 0.307. The lowest BCUT2D eigenvalue weighted by Crippen LogP contribution is -2.01. The third-order valence-electron chi connectivity index (χ3n) is 5.00. The van der Waals surface area contributed by atoms with Crippen LogP contribution in [0.1, 0.15) is 5.56 Å². The van der Waals surface area contributed by atoms with Gasteiger partial charge in [-0.15, -0.1) is 0 Å². The zero-order valence-corrected chi connectivity index (χ0v) is 17.8. The second-order valence-corrected chi connectivity index (χ2v) is 7.93. The summed E-state index contributed by atoms with van der Waals surface area (Å²) in [6.45, 7) is 0.496. The van der Waals surface area contributed by atoms with E-state index < -0.39 is 0 Å². The smallest absolute Gasteiger partial charge is 0.149 e. The van der Waals surface area contributed by atoms with E-state index >= 15 is 0 Å². The van der Waals surface area contributed by atoms with Gasteiger partial charge < -0.3 is 4.74 Å². The van der Waals surface area contributed by atoms with Crippen molar-refractivity contribution in [3.8, 4) is 22.8 Å². The van der Waals surface area contributed by atoms with Crippen molar-refractivity contribution in [1.29, 1.82) is 0 Å². The van der Waals surface area contributed by atoms with Gasteiger partial charge in [-0.3, -0.25) is 4.57 Å². The molecule has 0 aliphatic rings. The summed E-state index contributed by atoms with van der Waals surface area (Å²) in [5.74, 6) is 1.65. The Labute approximate surface area is 183 Å². The number of ether oxygens (including phenoxy) is 1. The molecule has 5 aromatic rings. The van der Waals surface area contributed by atoms with Gasteiger partial charge in [-0.25, -0.2) is 4.98 Å². The first-order chi connectivity index (χ1) is 14.8. The highest BCUT2D eigenvalue weighted by Crippen LogP contribution is 2.36. The number of halogens is 1. The summed E-state index contributed by atoms with van der Waals surface area (Å²) in [6, 6.07) is 34.8. The second-order valence-electron chi connectivity index (χ2n) is 7.01. The Morgan fingerprint density at radius 3 is 2.27 bits per heavy atom. The molecule has 0 unspecified atom stereocenters. The predicted molar refractivity (Wildman–Crippen MR) is 125 cm³/mol.